The highest BCUT2D eigenvalue weighted by Crippen LogP contribution is 2.51. The molecule has 202 valence electrons. The van der Waals surface area contributed by atoms with E-state index in [1.54, 1.807) is 6.07 Å². The number of likely N-dealkylation sites (tertiary alicyclic amines) is 1. The molecule has 3 aliphatic rings. The lowest BCUT2D eigenvalue weighted by Crippen LogP contribution is -2.54. The summed E-state index contributed by atoms with van der Waals surface area (Å²) in [5.41, 5.74) is 2.57. The molecule has 0 spiro atoms. The van der Waals surface area contributed by atoms with Gasteiger partial charge >= 0.3 is 5.97 Å². The summed E-state index contributed by atoms with van der Waals surface area (Å²) >= 11 is 0. The Morgan fingerprint density at radius 1 is 1.11 bits per heavy atom. The van der Waals surface area contributed by atoms with Crippen LogP contribution in [0.4, 0.5) is 10.1 Å². The van der Waals surface area contributed by atoms with E-state index in [-0.39, 0.29) is 29.7 Å². The number of carbonyl (C=O) groups is 1. The number of ether oxygens (including phenoxy) is 1. The molecule has 2 aromatic carbocycles. The lowest BCUT2D eigenvalue weighted by atomic mass is 9.59. The molecule has 1 saturated carbocycles. The van der Waals surface area contributed by atoms with E-state index in [2.05, 4.69) is 47.1 Å². The van der Waals surface area contributed by atoms with E-state index in [0.29, 0.717) is 5.92 Å². The molecule has 38 heavy (non-hydrogen) atoms. The number of benzene rings is 2. The minimum atomic E-state index is -0.858. The fourth-order valence-corrected chi connectivity index (χ4v) is 7.31. The number of aryl methyl sites for hydroxylation is 1. The summed E-state index contributed by atoms with van der Waals surface area (Å²) in [7, 11) is 0. The first kappa shape index (κ1) is 26.7. The van der Waals surface area contributed by atoms with Crippen molar-refractivity contribution in [1.29, 1.82) is 5.26 Å². The predicted molar refractivity (Wildman–Crippen MR) is 147 cm³/mol. The number of hydrogen-bond acceptors (Lipinski definition) is 5. The number of hydrogen-bond donors (Lipinski definition) is 0. The molecule has 3 fully saturated rings. The standard InChI is InChI=1S/C32H40FN3O2/c1-3-24-10-12-29(13-11-24)36-20-25(21-36)19-35-16-14-26(15-17-35)32(22-34,27-6-4-7-28(33)18-27)30-8-5-9-31(30)38-23(2)37/h4,6-7,10-13,18,25-26,30-31H,3,5,8-9,14-17,19-21H2,1-2H3/t30-,31-,32?/m0/s1. The van der Waals surface area contributed by atoms with Gasteiger partial charge in [0.1, 0.15) is 11.9 Å². The second-order valence-electron chi connectivity index (χ2n) is 11.5. The Kier molecular flexibility index (Phi) is 8.04. The number of carbonyl (C=O) groups excluding carboxylic acids is 1. The minimum absolute atomic E-state index is 0.0988. The minimum Gasteiger partial charge on any atom is -0.462 e. The Morgan fingerprint density at radius 2 is 1.84 bits per heavy atom. The molecule has 0 amide bonds. The maximum absolute atomic E-state index is 14.4. The maximum Gasteiger partial charge on any atom is 0.302 e. The predicted octanol–water partition coefficient (Wildman–Crippen LogP) is 5.73. The van der Waals surface area contributed by atoms with Crippen LogP contribution in [-0.4, -0.2) is 49.7 Å². The van der Waals surface area contributed by atoms with Crippen LogP contribution < -0.4 is 4.90 Å². The quantitative estimate of drug-likeness (QED) is 0.419. The van der Waals surface area contributed by atoms with Crippen molar-refractivity contribution in [2.45, 2.75) is 63.9 Å². The first-order valence-corrected chi connectivity index (χ1v) is 14.3. The van der Waals surface area contributed by atoms with Crippen molar-refractivity contribution < 1.29 is 13.9 Å². The van der Waals surface area contributed by atoms with E-state index in [4.69, 9.17) is 4.74 Å². The van der Waals surface area contributed by atoms with Crippen LogP contribution in [0.3, 0.4) is 0 Å². The number of halogens is 1. The van der Waals surface area contributed by atoms with Crippen LogP contribution in [0.1, 0.15) is 57.1 Å². The van der Waals surface area contributed by atoms with Gasteiger partial charge < -0.3 is 14.5 Å². The number of anilines is 1. The van der Waals surface area contributed by atoms with Crippen molar-refractivity contribution in [3.05, 3.63) is 65.5 Å². The molecule has 3 atom stereocenters. The summed E-state index contributed by atoms with van der Waals surface area (Å²) in [6.45, 7) is 8.75. The third-order valence-corrected chi connectivity index (χ3v) is 9.26. The maximum atomic E-state index is 14.4. The Bertz CT molecular complexity index is 1150. The van der Waals surface area contributed by atoms with Gasteiger partial charge in [0, 0.05) is 44.1 Å². The lowest BCUT2D eigenvalue weighted by molar-refractivity contribution is -0.149. The first-order valence-electron chi connectivity index (χ1n) is 14.3. The monoisotopic (exact) mass is 517 g/mol. The van der Waals surface area contributed by atoms with Gasteiger partial charge in [0.05, 0.1) is 11.5 Å². The van der Waals surface area contributed by atoms with E-state index in [1.807, 2.05) is 6.07 Å². The molecule has 2 heterocycles. The third kappa shape index (κ3) is 5.31. The van der Waals surface area contributed by atoms with E-state index >= 15 is 0 Å². The van der Waals surface area contributed by atoms with Gasteiger partial charge in [-0.1, -0.05) is 31.2 Å². The topological polar surface area (TPSA) is 56.6 Å². The Balaban J connectivity index is 1.25. The van der Waals surface area contributed by atoms with Crippen molar-refractivity contribution in [3.63, 3.8) is 0 Å². The molecule has 2 saturated heterocycles. The van der Waals surface area contributed by atoms with Crippen molar-refractivity contribution in [1.82, 2.24) is 4.90 Å². The average Bonchev–Trinajstić information content (AvgIpc) is 3.35. The van der Waals surface area contributed by atoms with Crippen LogP contribution in [-0.2, 0) is 21.4 Å². The zero-order valence-corrected chi connectivity index (χ0v) is 22.7. The number of nitrogens with zero attached hydrogens (tertiary/aromatic N) is 3. The molecule has 0 aromatic heterocycles. The van der Waals surface area contributed by atoms with Gasteiger partial charge in [0.25, 0.3) is 0 Å². The summed E-state index contributed by atoms with van der Waals surface area (Å²) < 4.78 is 20.2. The van der Waals surface area contributed by atoms with Crippen molar-refractivity contribution >= 4 is 11.7 Å². The van der Waals surface area contributed by atoms with Gasteiger partial charge in [-0.25, -0.2) is 4.39 Å². The molecular formula is C32H40FN3O2. The molecule has 0 N–H and O–H groups in total. The Hall–Kier alpha value is -2.91. The summed E-state index contributed by atoms with van der Waals surface area (Å²) in [6.07, 6.45) is 5.06. The highest BCUT2D eigenvalue weighted by atomic mass is 19.1. The van der Waals surface area contributed by atoms with E-state index in [1.165, 1.54) is 30.3 Å². The second kappa shape index (κ2) is 11.5. The Morgan fingerprint density at radius 3 is 2.47 bits per heavy atom. The van der Waals surface area contributed by atoms with Gasteiger partial charge in [-0.2, -0.15) is 5.26 Å². The molecule has 1 aliphatic carbocycles. The van der Waals surface area contributed by atoms with Crippen LogP contribution in [0.2, 0.25) is 0 Å². The van der Waals surface area contributed by atoms with Crippen LogP contribution in [0.25, 0.3) is 0 Å². The molecule has 5 rings (SSSR count). The van der Waals surface area contributed by atoms with Crippen molar-refractivity contribution in [2.75, 3.05) is 37.6 Å². The van der Waals surface area contributed by atoms with Gasteiger partial charge in [-0.3, -0.25) is 4.79 Å². The van der Waals surface area contributed by atoms with Crippen LogP contribution in [0.15, 0.2) is 48.5 Å². The molecule has 1 unspecified atom stereocenters. The number of piperidine rings is 1. The third-order valence-electron chi connectivity index (χ3n) is 9.26. The summed E-state index contributed by atoms with van der Waals surface area (Å²) in [4.78, 5) is 16.9. The Labute approximate surface area is 226 Å². The largest absolute Gasteiger partial charge is 0.462 e. The molecule has 6 heteroatoms. The number of esters is 1. The highest BCUT2D eigenvalue weighted by Gasteiger charge is 2.53. The number of rotatable bonds is 8. The zero-order chi connectivity index (χ0) is 26.7. The van der Waals surface area contributed by atoms with Gasteiger partial charge in [0.2, 0.25) is 0 Å². The highest BCUT2D eigenvalue weighted by molar-refractivity contribution is 5.66. The summed E-state index contributed by atoms with van der Waals surface area (Å²) in [6, 6.07) is 18.2. The molecule has 2 aliphatic heterocycles. The lowest BCUT2D eigenvalue weighted by Gasteiger charge is -2.48. The summed E-state index contributed by atoms with van der Waals surface area (Å²) in [5.74, 6) is 0.0133. The zero-order valence-electron chi connectivity index (χ0n) is 22.7. The van der Waals surface area contributed by atoms with Gasteiger partial charge in [-0.05, 0) is 92.9 Å². The molecule has 5 nitrogen and oxygen atoms in total. The smallest absolute Gasteiger partial charge is 0.302 e. The average molecular weight is 518 g/mol. The molecule has 0 bridgehead atoms. The molecular weight excluding hydrogens is 477 g/mol. The van der Waals surface area contributed by atoms with Crippen molar-refractivity contribution in [3.8, 4) is 6.07 Å². The first-order chi connectivity index (χ1) is 18.4. The summed E-state index contributed by atoms with van der Waals surface area (Å²) in [5, 5.41) is 10.8. The van der Waals surface area contributed by atoms with Crippen LogP contribution in [0, 0.1) is 34.9 Å². The fourth-order valence-electron chi connectivity index (χ4n) is 7.31. The molecule has 0 radical (unpaired) electrons. The normalized spacial score (nSPS) is 24.4. The van der Waals surface area contributed by atoms with Crippen LogP contribution in [0.5, 0.6) is 0 Å². The second-order valence-corrected chi connectivity index (χ2v) is 11.5. The fraction of sp³-hybridized carbons (Fsp3) is 0.562. The van der Waals surface area contributed by atoms with Crippen LogP contribution >= 0.6 is 0 Å². The van der Waals surface area contributed by atoms with Crippen molar-refractivity contribution in [2.24, 2.45) is 17.8 Å². The van der Waals surface area contributed by atoms with E-state index < -0.39 is 5.41 Å². The number of nitriles is 1. The SMILES string of the molecule is CCc1ccc(N2CC(CN3CCC(C(C#N)(c4cccc(F)c4)[C@H]4CCC[C@@H]4OC(C)=O)CC3)C2)cc1. The van der Waals surface area contributed by atoms with E-state index in [0.717, 1.165) is 76.8 Å². The van der Waals surface area contributed by atoms with Gasteiger partial charge in [0.15, 0.2) is 0 Å². The van der Waals surface area contributed by atoms with E-state index in [9.17, 15) is 14.4 Å². The van der Waals surface area contributed by atoms with Gasteiger partial charge in [-0.15, -0.1) is 0 Å². The molecule has 2 aromatic rings.